The lowest BCUT2D eigenvalue weighted by Gasteiger charge is -2.29. The molecular weight excluding hydrogens is 338 g/mol. The number of piperidine rings is 1. The van der Waals surface area contributed by atoms with Gasteiger partial charge in [0.25, 0.3) is 0 Å². The molecule has 1 aliphatic rings. The number of ether oxygens (including phenoxy) is 2. The van der Waals surface area contributed by atoms with Crippen molar-refractivity contribution >= 4 is 17.2 Å². The molecule has 0 atom stereocenters. The fraction of sp³-hybridized carbons (Fsp3) is 0.444. The summed E-state index contributed by atoms with van der Waals surface area (Å²) in [5, 5.41) is 2.99. The first kappa shape index (κ1) is 17.7. The third-order valence-corrected chi connectivity index (χ3v) is 5.49. The van der Waals surface area contributed by atoms with Crippen molar-refractivity contribution in [2.75, 3.05) is 27.3 Å². The van der Waals surface area contributed by atoms with Crippen LogP contribution in [0.2, 0.25) is 0 Å². The lowest BCUT2D eigenvalue weighted by atomic mass is 9.96. The molecule has 1 amide bonds. The maximum atomic E-state index is 11.3. The van der Waals surface area contributed by atoms with Gasteiger partial charge in [0.2, 0.25) is 5.91 Å². The summed E-state index contributed by atoms with van der Waals surface area (Å²) in [5.41, 5.74) is 7.36. The Hall–Kier alpha value is -2.12. The Morgan fingerprint density at radius 3 is 2.72 bits per heavy atom. The molecule has 1 aromatic heterocycles. The summed E-state index contributed by atoms with van der Waals surface area (Å²) in [6.45, 7) is 2.54. The highest BCUT2D eigenvalue weighted by Gasteiger charge is 2.23. The Morgan fingerprint density at radius 1 is 1.32 bits per heavy atom. The van der Waals surface area contributed by atoms with E-state index in [9.17, 15) is 4.79 Å². The summed E-state index contributed by atoms with van der Waals surface area (Å²) in [6.07, 6.45) is 1.66. The second-order valence-electron chi connectivity index (χ2n) is 6.14. The highest BCUT2D eigenvalue weighted by atomic mass is 32.1. The largest absolute Gasteiger partial charge is 0.493 e. The summed E-state index contributed by atoms with van der Waals surface area (Å²) in [7, 11) is 3.27. The number of hydrogen-bond donors (Lipinski definition) is 1. The number of rotatable bonds is 6. The molecule has 2 heterocycles. The third-order valence-electron chi connectivity index (χ3n) is 4.56. The number of primary amides is 1. The highest BCUT2D eigenvalue weighted by molar-refractivity contribution is 7.13. The zero-order valence-electron chi connectivity index (χ0n) is 14.5. The smallest absolute Gasteiger partial charge is 0.220 e. The quantitative estimate of drug-likeness (QED) is 0.855. The van der Waals surface area contributed by atoms with Gasteiger partial charge in [-0.3, -0.25) is 9.69 Å². The second kappa shape index (κ2) is 7.84. The lowest BCUT2D eigenvalue weighted by molar-refractivity contribution is -0.123. The van der Waals surface area contributed by atoms with Crippen molar-refractivity contribution < 1.29 is 14.3 Å². The Balaban J connectivity index is 1.70. The molecule has 0 unspecified atom stereocenters. The molecule has 7 heteroatoms. The number of carbonyl (C=O) groups is 1. The van der Waals surface area contributed by atoms with Gasteiger partial charge in [0, 0.05) is 17.8 Å². The molecule has 0 spiro atoms. The van der Waals surface area contributed by atoms with Crippen molar-refractivity contribution in [3.8, 4) is 22.1 Å². The van der Waals surface area contributed by atoms with Gasteiger partial charge < -0.3 is 15.2 Å². The van der Waals surface area contributed by atoms with Gasteiger partial charge in [-0.15, -0.1) is 11.3 Å². The van der Waals surface area contributed by atoms with Crippen LogP contribution in [-0.4, -0.2) is 43.1 Å². The maximum absolute atomic E-state index is 11.3. The van der Waals surface area contributed by atoms with Gasteiger partial charge in [-0.1, -0.05) is 6.07 Å². The topological polar surface area (TPSA) is 77.7 Å². The summed E-state index contributed by atoms with van der Waals surface area (Å²) < 4.78 is 10.9. The average molecular weight is 361 g/mol. The minimum absolute atomic E-state index is 0.0169. The van der Waals surface area contributed by atoms with Crippen LogP contribution in [0.4, 0.5) is 0 Å². The summed E-state index contributed by atoms with van der Waals surface area (Å²) in [5.74, 6) is 1.24. The molecule has 134 valence electrons. The van der Waals surface area contributed by atoms with Gasteiger partial charge in [0.05, 0.1) is 25.5 Å². The average Bonchev–Trinajstić information content (AvgIpc) is 3.09. The number of hydrogen-bond acceptors (Lipinski definition) is 6. The fourth-order valence-corrected chi connectivity index (χ4v) is 4.00. The Labute approximate surface area is 151 Å². The number of likely N-dealkylation sites (tertiary alicyclic amines) is 1. The molecule has 0 bridgehead atoms. The van der Waals surface area contributed by atoms with E-state index in [2.05, 4.69) is 10.3 Å². The Morgan fingerprint density at radius 2 is 2.08 bits per heavy atom. The van der Waals surface area contributed by atoms with Crippen LogP contribution in [0, 0.1) is 5.92 Å². The number of aromatic nitrogens is 1. The Kier molecular flexibility index (Phi) is 5.55. The van der Waals surface area contributed by atoms with Crippen molar-refractivity contribution in [3.63, 3.8) is 0 Å². The van der Waals surface area contributed by atoms with E-state index < -0.39 is 0 Å². The first-order valence-electron chi connectivity index (χ1n) is 8.29. The molecule has 2 aromatic rings. The third kappa shape index (κ3) is 3.93. The van der Waals surface area contributed by atoms with Crippen LogP contribution in [0.25, 0.3) is 10.6 Å². The molecule has 25 heavy (non-hydrogen) atoms. The molecule has 1 aliphatic heterocycles. The van der Waals surface area contributed by atoms with E-state index in [0.29, 0.717) is 11.5 Å². The van der Waals surface area contributed by atoms with Crippen molar-refractivity contribution in [3.05, 3.63) is 29.3 Å². The number of amides is 1. The van der Waals surface area contributed by atoms with E-state index in [-0.39, 0.29) is 11.8 Å². The van der Waals surface area contributed by atoms with E-state index in [4.69, 9.17) is 20.2 Å². The minimum atomic E-state index is -0.180. The van der Waals surface area contributed by atoms with Gasteiger partial charge in [0.1, 0.15) is 5.01 Å². The summed E-state index contributed by atoms with van der Waals surface area (Å²) in [6, 6.07) is 5.80. The first-order chi connectivity index (χ1) is 12.1. The first-order valence-corrected chi connectivity index (χ1v) is 9.17. The van der Waals surface area contributed by atoms with E-state index >= 15 is 0 Å². The summed E-state index contributed by atoms with van der Waals surface area (Å²) >= 11 is 1.60. The zero-order valence-corrected chi connectivity index (χ0v) is 15.3. The van der Waals surface area contributed by atoms with Gasteiger partial charge in [-0.25, -0.2) is 4.98 Å². The number of thiazole rings is 1. The van der Waals surface area contributed by atoms with Crippen LogP contribution in [0.5, 0.6) is 11.5 Å². The molecule has 1 aromatic carbocycles. The van der Waals surface area contributed by atoms with E-state index in [1.54, 1.807) is 25.6 Å². The molecular formula is C18H23N3O3S. The molecule has 2 N–H and O–H groups in total. The molecule has 3 rings (SSSR count). The van der Waals surface area contributed by atoms with Crippen LogP contribution < -0.4 is 15.2 Å². The highest BCUT2D eigenvalue weighted by Crippen LogP contribution is 2.39. The molecule has 0 saturated carbocycles. The number of methoxy groups -OCH3 is 2. The van der Waals surface area contributed by atoms with Crippen molar-refractivity contribution in [1.82, 2.24) is 9.88 Å². The summed E-state index contributed by atoms with van der Waals surface area (Å²) in [4.78, 5) is 18.3. The van der Waals surface area contributed by atoms with Crippen LogP contribution in [0.15, 0.2) is 23.6 Å². The molecule has 0 aliphatic carbocycles. The SMILES string of the molecule is COc1cccc(-c2nc(CN3CCC(C(N)=O)CC3)cs2)c1OC. The van der Waals surface area contributed by atoms with Crippen molar-refractivity contribution in [2.45, 2.75) is 19.4 Å². The zero-order chi connectivity index (χ0) is 17.8. The number of benzene rings is 1. The lowest BCUT2D eigenvalue weighted by Crippen LogP contribution is -2.38. The number of nitrogens with two attached hydrogens (primary N) is 1. The van der Waals surface area contributed by atoms with Gasteiger partial charge >= 0.3 is 0 Å². The standard InChI is InChI=1S/C18H23N3O3S/c1-23-15-5-3-4-14(16(15)24-2)18-20-13(11-25-18)10-21-8-6-12(7-9-21)17(19)22/h3-5,11-12H,6-10H2,1-2H3,(H2,19,22). The number of carbonyl (C=O) groups excluding carboxylic acids is 1. The fourth-order valence-electron chi connectivity index (χ4n) is 3.16. The normalized spacial score (nSPS) is 15.9. The monoisotopic (exact) mass is 361 g/mol. The second-order valence-corrected chi connectivity index (χ2v) is 7.00. The van der Waals surface area contributed by atoms with E-state index in [1.807, 2.05) is 18.2 Å². The number of nitrogens with zero attached hydrogens (tertiary/aromatic N) is 2. The van der Waals surface area contributed by atoms with Crippen LogP contribution >= 0.6 is 11.3 Å². The van der Waals surface area contributed by atoms with Crippen LogP contribution in [0.3, 0.4) is 0 Å². The molecule has 0 radical (unpaired) electrons. The predicted octanol–water partition coefficient (Wildman–Crippen LogP) is 2.52. The molecule has 6 nitrogen and oxygen atoms in total. The van der Waals surface area contributed by atoms with Crippen LogP contribution in [-0.2, 0) is 11.3 Å². The Bertz CT molecular complexity index is 739. The van der Waals surface area contributed by atoms with Crippen molar-refractivity contribution in [2.24, 2.45) is 11.7 Å². The van der Waals surface area contributed by atoms with E-state index in [0.717, 1.165) is 48.7 Å². The minimum Gasteiger partial charge on any atom is -0.493 e. The number of para-hydroxylation sites is 1. The van der Waals surface area contributed by atoms with Gasteiger partial charge in [0.15, 0.2) is 11.5 Å². The van der Waals surface area contributed by atoms with Gasteiger partial charge in [-0.2, -0.15) is 0 Å². The molecule has 1 fully saturated rings. The predicted molar refractivity (Wildman–Crippen MR) is 97.8 cm³/mol. The van der Waals surface area contributed by atoms with E-state index in [1.165, 1.54) is 0 Å². The maximum Gasteiger partial charge on any atom is 0.220 e. The molecule has 1 saturated heterocycles. The van der Waals surface area contributed by atoms with Crippen molar-refractivity contribution in [1.29, 1.82) is 0 Å². The van der Waals surface area contributed by atoms with Gasteiger partial charge in [-0.05, 0) is 38.1 Å². The van der Waals surface area contributed by atoms with Crippen LogP contribution in [0.1, 0.15) is 18.5 Å².